The van der Waals surface area contributed by atoms with Crippen molar-refractivity contribution in [2.24, 2.45) is 0 Å². The van der Waals surface area contributed by atoms with Crippen LogP contribution >= 0.6 is 0 Å². The Hall–Kier alpha value is -7.74. The van der Waals surface area contributed by atoms with Crippen LogP contribution in [0.5, 0.6) is 0 Å². The fraction of sp³-hybridized carbons (Fsp3) is 0.147. The Labute approximate surface area is 407 Å². The third-order valence-corrected chi connectivity index (χ3v) is 16.2. The summed E-state index contributed by atoms with van der Waals surface area (Å²) in [6, 6.07) is 87.0. The number of nitrogens with zero attached hydrogens (tertiary/aromatic N) is 1. The van der Waals surface area contributed by atoms with E-state index in [0.717, 1.165) is 11.4 Å². The normalized spacial score (nSPS) is 15.3. The molecule has 1 nitrogen and oxygen atoms in total. The van der Waals surface area contributed by atoms with Crippen LogP contribution in [0.1, 0.15) is 90.8 Å². The molecule has 0 spiro atoms. The quantitative estimate of drug-likeness (QED) is 0.147. The number of hydrogen-bond acceptors (Lipinski definition) is 1. The molecule has 0 aromatic heterocycles. The molecule has 1 fully saturated rings. The molecule has 0 bridgehead atoms. The Morgan fingerprint density at radius 2 is 0.942 bits per heavy atom. The maximum absolute atomic E-state index is 2.53. The molecule has 10 aromatic rings. The lowest BCUT2D eigenvalue weighted by Gasteiger charge is -2.34. The van der Waals surface area contributed by atoms with Crippen LogP contribution in [-0.4, -0.2) is 0 Å². The molecule has 1 heteroatoms. The minimum absolute atomic E-state index is 0.139. The fourth-order valence-electron chi connectivity index (χ4n) is 13.0. The first kappa shape index (κ1) is 41.4. The average Bonchev–Trinajstić information content (AvgIpc) is 3.85. The third kappa shape index (κ3) is 6.44. The van der Waals surface area contributed by atoms with Crippen molar-refractivity contribution in [1.82, 2.24) is 0 Å². The second-order valence-corrected chi connectivity index (χ2v) is 20.1. The van der Waals surface area contributed by atoms with Gasteiger partial charge in [0, 0.05) is 22.4 Å². The third-order valence-electron chi connectivity index (χ3n) is 16.2. The van der Waals surface area contributed by atoms with Gasteiger partial charge in [0.15, 0.2) is 0 Å². The van der Waals surface area contributed by atoms with E-state index in [1.54, 1.807) is 0 Å². The molecule has 10 aromatic carbocycles. The lowest BCUT2D eigenvalue weighted by Crippen LogP contribution is -2.28. The van der Waals surface area contributed by atoms with Crippen molar-refractivity contribution in [3.05, 3.63) is 269 Å². The Morgan fingerprint density at radius 3 is 1.68 bits per heavy atom. The fourth-order valence-corrected chi connectivity index (χ4v) is 13.0. The van der Waals surface area contributed by atoms with Crippen LogP contribution in [0.15, 0.2) is 231 Å². The summed E-state index contributed by atoms with van der Waals surface area (Å²) in [7, 11) is 0. The van der Waals surface area contributed by atoms with Gasteiger partial charge in [-0.3, -0.25) is 0 Å². The molecule has 0 N–H and O–H groups in total. The summed E-state index contributed by atoms with van der Waals surface area (Å²) in [5.74, 6) is 0.580. The van der Waals surface area contributed by atoms with E-state index in [9.17, 15) is 0 Å². The van der Waals surface area contributed by atoms with Crippen molar-refractivity contribution in [2.75, 3.05) is 4.90 Å². The van der Waals surface area contributed by atoms with E-state index in [4.69, 9.17) is 0 Å². The average molecular weight is 886 g/mol. The summed E-state index contributed by atoms with van der Waals surface area (Å²) in [6.45, 7) is 4.77. The maximum Gasteiger partial charge on any atom is 0.0713 e. The topological polar surface area (TPSA) is 3.24 Å². The molecule has 0 atom stereocenters. The summed E-state index contributed by atoms with van der Waals surface area (Å²) in [5.41, 5.74) is 22.6. The Morgan fingerprint density at radius 1 is 0.391 bits per heavy atom. The van der Waals surface area contributed by atoms with Gasteiger partial charge in [0.05, 0.1) is 11.1 Å². The molecule has 3 aliphatic carbocycles. The van der Waals surface area contributed by atoms with E-state index in [0.29, 0.717) is 5.92 Å². The minimum Gasteiger partial charge on any atom is -0.310 e. The van der Waals surface area contributed by atoms with Crippen molar-refractivity contribution >= 4 is 27.8 Å². The summed E-state index contributed by atoms with van der Waals surface area (Å²) in [4.78, 5) is 2.53. The Kier molecular flexibility index (Phi) is 9.91. The van der Waals surface area contributed by atoms with Gasteiger partial charge >= 0.3 is 0 Å². The highest BCUT2D eigenvalue weighted by Crippen LogP contribution is 2.59. The van der Waals surface area contributed by atoms with Crippen LogP contribution in [0.25, 0.3) is 55.3 Å². The summed E-state index contributed by atoms with van der Waals surface area (Å²) in [5, 5.41) is 2.72. The zero-order chi connectivity index (χ0) is 46.1. The van der Waals surface area contributed by atoms with Crippen LogP contribution in [0.4, 0.5) is 17.1 Å². The molecular weight excluding hydrogens is 831 g/mol. The second kappa shape index (κ2) is 16.5. The number of rotatable bonds is 8. The molecule has 69 heavy (non-hydrogen) atoms. The zero-order valence-electron chi connectivity index (χ0n) is 39.5. The molecule has 0 unspecified atom stereocenters. The van der Waals surface area contributed by atoms with Crippen molar-refractivity contribution < 1.29 is 0 Å². The standard InChI is InChI=1S/C68H55N/c1-67(2)60-35-15-12-29-55(60)56-44-43-52(45-63(56)67)69(64-38-17-14-30-57(64)58-34-19-24-48-23-18-32-53(65(48)58)46-21-6-3-7-22-46)51-41-39-47(40-42-51)54-33-20-37-62-66(54)59-31-13-16-36-61(59)68(62,49-25-8-4-9-26-49)50-27-10-5-11-28-50/h4-5,8-20,23-46H,3,6-7,21-22H2,1-2H3. The lowest BCUT2D eigenvalue weighted by atomic mass is 9.67. The molecule has 0 amide bonds. The van der Waals surface area contributed by atoms with Crippen LogP contribution in [0.3, 0.4) is 0 Å². The van der Waals surface area contributed by atoms with Crippen LogP contribution in [0, 0.1) is 0 Å². The van der Waals surface area contributed by atoms with Crippen molar-refractivity contribution in [3.8, 4) is 44.5 Å². The van der Waals surface area contributed by atoms with Crippen molar-refractivity contribution in [1.29, 1.82) is 0 Å². The first-order valence-electron chi connectivity index (χ1n) is 25.1. The van der Waals surface area contributed by atoms with Gasteiger partial charge in [0.25, 0.3) is 0 Å². The Bertz CT molecular complexity index is 3510. The van der Waals surface area contributed by atoms with Gasteiger partial charge in [-0.1, -0.05) is 233 Å². The molecular formula is C68H55N. The van der Waals surface area contributed by atoms with Crippen molar-refractivity contribution in [3.63, 3.8) is 0 Å². The van der Waals surface area contributed by atoms with Gasteiger partial charge in [-0.05, 0) is 138 Å². The second-order valence-electron chi connectivity index (χ2n) is 20.1. The van der Waals surface area contributed by atoms with E-state index in [1.807, 2.05) is 0 Å². The maximum atomic E-state index is 2.53. The van der Waals surface area contributed by atoms with Gasteiger partial charge in [-0.15, -0.1) is 0 Å². The van der Waals surface area contributed by atoms with Crippen LogP contribution in [-0.2, 0) is 10.8 Å². The molecule has 1 saturated carbocycles. The number of anilines is 3. The first-order valence-corrected chi connectivity index (χ1v) is 25.1. The van der Waals surface area contributed by atoms with Crippen LogP contribution in [0.2, 0.25) is 0 Å². The molecule has 0 saturated heterocycles. The number of para-hydroxylation sites is 1. The van der Waals surface area contributed by atoms with E-state index in [1.165, 1.54) is 132 Å². The predicted octanol–water partition coefficient (Wildman–Crippen LogP) is 18.4. The zero-order valence-corrected chi connectivity index (χ0v) is 39.5. The van der Waals surface area contributed by atoms with Gasteiger partial charge in [-0.25, -0.2) is 0 Å². The van der Waals surface area contributed by atoms with Gasteiger partial charge in [-0.2, -0.15) is 0 Å². The number of benzene rings is 10. The molecule has 0 heterocycles. The summed E-state index contributed by atoms with van der Waals surface area (Å²) < 4.78 is 0. The van der Waals surface area contributed by atoms with Gasteiger partial charge in [0.2, 0.25) is 0 Å². The van der Waals surface area contributed by atoms with E-state index >= 15 is 0 Å². The van der Waals surface area contributed by atoms with Gasteiger partial charge < -0.3 is 4.90 Å². The highest BCUT2D eigenvalue weighted by Gasteiger charge is 2.47. The largest absolute Gasteiger partial charge is 0.310 e. The van der Waals surface area contributed by atoms with E-state index < -0.39 is 5.41 Å². The van der Waals surface area contributed by atoms with E-state index in [-0.39, 0.29) is 5.41 Å². The number of fused-ring (bicyclic) bond motifs is 7. The molecule has 3 aliphatic rings. The summed E-state index contributed by atoms with van der Waals surface area (Å²) >= 11 is 0. The molecule has 0 aliphatic heterocycles. The molecule has 13 rings (SSSR count). The monoisotopic (exact) mass is 885 g/mol. The predicted molar refractivity (Wildman–Crippen MR) is 290 cm³/mol. The van der Waals surface area contributed by atoms with E-state index in [2.05, 4.69) is 249 Å². The lowest BCUT2D eigenvalue weighted by molar-refractivity contribution is 0.445. The SMILES string of the molecule is CC1(C)c2ccccc2-c2ccc(N(c3ccc(-c4cccc5c4-c4ccccc4C5(c4ccccc4)c4ccccc4)cc3)c3ccccc3-c3cccc4cccc(C5CCCCC5)c34)cc21. The van der Waals surface area contributed by atoms with Crippen molar-refractivity contribution in [2.45, 2.75) is 62.7 Å². The summed E-state index contributed by atoms with van der Waals surface area (Å²) in [6.07, 6.45) is 6.48. The highest BCUT2D eigenvalue weighted by molar-refractivity contribution is 6.04. The first-order chi connectivity index (χ1) is 34.0. The molecule has 0 radical (unpaired) electrons. The highest BCUT2D eigenvalue weighted by atomic mass is 15.1. The smallest absolute Gasteiger partial charge is 0.0713 e. The van der Waals surface area contributed by atoms with Crippen LogP contribution < -0.4 is 4.90 Å². The Balaban J connectivity index is 0.999. The van der Waals surface area contributed by atoms with Gasteiger partial charge in [0.1, 0.15) is 0 Å². The number of hydrogen-bond donors (Lipinski definition) is 0. The minimum atomic E-state index is -0.454. The molecule has 332 valence electrons.